The number of nitrogens with zero attached hydrogens (tertiary/aromatic N) is 1. The summed E-state index contributed by atoms with van der Waals surface area (Å²) in [4.78, 5) is 23.7. The molecule has 3 N–H and O–H groups in total. The molecule has 25 heavy (non-hydrogen) atoms. The van der Waals surface area contributed by atoms with Crippen molar-refractivity contribution in [2.75, 3.05) is 11.9 Å². The molecule has 1 aromatic heterocycles. The second-order valence-electron chi connectivity index (χ2n) is 5.35. The van der Waals surface area contributed by atoms with Gasteiger partial charge in [-0.1, -0.05) is 0 Å². The van der Waals surface area contributed by atoms with Crippen molar-refractivity contribution >= 4 is 28.4 Å². The highest BCUT2D eigenvalue weighted by molar-refractivity contribution is 5.96. The number of benzene rings is 2. The van der Waals surface area contributed by atoms with Crippen LogP contribution in [0.3, 0.4) is 0 Å². The van der Waals surface area contributed by atoms with Crippen molar-refractivity contribution in [1.29, 1.82) is 0 Å². The zero-order valence-electron chi connectivity index (χ0n) is 13.0. The SMILES string of the molecule is O=C(CCNC(=O)c1ccc(F)cc1F)Nc1ccc2[nH]ncc2c1. The molecule has 0 fully saturated rings. The van der Waals surface area contributed by atoms with Gasteiger partial charge in [0.05, 0.1) is 17.3 Å². The van der Waals surface area contributed by atoms with Gasteiger partial charge in [0, 0.05) is 30.1 Å². The molecule has 0 aliphatic carbocycles. The molecule has 0 unspecified atom stereocenters. The van der Waals surface area contributed by atoms with Crippen molar-refractivity contribution in [2.45, 2.75) is 6.42 Å². The van der Waals surface area contributed by atoms with Crippen LogP contribution in [0.1, 0.15) is 16.8 Å². The number of fused-ring (bicyclic) bond motifs is 1. The second-order valence-corrected chi connectivity index (χ2v) is 5.35. The molecule has 6 nitrogen and oxygen atoms in total. The lowest BCUT2D eigenvalue weighted by atomic mass is 10.2. The average molecular weight is 344 g/mol. The summed E-state index contributed by atoms with van der Waals surface area (Å²) in [5.74, 6) is -2.72. The highest BCUT2D eigenvalue weighted by atomic mass is 19.1. The first-order valence-corrected chi connectivity index (χ1v) is 7.49. The van der Waals surface area contributed by atoms with Gasteiger partial charge in [-0.05, 0) is 30.3 Å². The molecule has 3 aromatic rings. The van der Waals surface area contributed by atoms with E-state index in [9.17, 15) is 18.4 Å². The Hall–Kier alpha value is -3.29. The third kappa shape index (κ3) is 3.97. The van der Waals surface area contributed by atoms with Crippen LogP contribution in [-0.4, -0.2) is 28.6 Å². The minimum Gasteiger partial charge on any atom is -0.351 e. The van der Waals surface area contributed by atoms with Crippen LogP contribution in [0, 0.1) is 11.6 Å². The average Bonchev–Trinajstić information content (AvgIpc) is 3.02. The van der Waals surface area contributed by atoms with Crippen LogP contribution in [0.15, 0.2) is 42.6 Å². The van der Waals surface area contributed by atoms with E-state index >= 15 is 0 Å². The maximum Gasteiger partial charge on any atom is 0.254 e. The van der Waals surface area contributed by atoms with Crippen LogP contribution in [0.4, 0.5) is 14.5 Å². The molecule has 2 amide bonds. The van der Waals surface area contributed by atoms with Crippen molar-refractivity contribution in [3.05, 3.63) is 59.8 Å². The molecular formula is C17H14F2N4O2. The summed E-state index contributed by atoms with van der Waals surface area (Å²) in [5, 5.41) is 12.7. The Morgan fingerprint density at radius 1 is 1.12 bits per heavy atom. The van der Waals surface area contributed by atoms with Gasteiger partial charge in [0.15, 0.2) is 0 Å². The molecule has 0 bridgehead atoms. The molecule has 1 heterocycles. The number of H-pyrrole nitrogens is 1. The van der Waals surface area contributed by atoms with Gasteiger partial charge in [-0.3, -0.25) is 14.7 Å². The summed E-state index contributed by atoms with van der Waals surface area (Å²) >= 11 is 0. The third-order valence-electron chi connectivity index (χ3n) is 3.54. The second kappa shape index (κ2) is 7.08. The van der Waals surface area contributed by atoms with Gasteiger partial charge >= 0.3 is 0 Å². The Bertz CT molecular complexity index is 939. The third-order valence-corrected chi connectivity index (χ3v) is 3.54. The lowest BCUT2D eigenvalue weighted by Crippen LogP contribution is -2.28. The molecule has 8 heteroatoms. The molecule has 0 saturated carbocycles. The van der Waals surface area contributed by atoms with Crippen molar-refractivity contribution in [1.82, 2.24) is 15.5 Å². The number of carbonyl (C=O) groups is 2. The van der Waals surface area contributed by atoms with Crippen LogP contribution >= 0.6 is 0 Å². The first-order chi connectivity index (χ1) is 12.0. The van der Waals surface area contributed by atoms with Crippen molar-refractivity contribution in [3.63, 3.8) is 0 Å². The van der Waals surface area contributed by atoms with Crippen molar-refractivity contribution < 1.29 is 18.4 Å². The Morgan fingerprint density at radius 3 is 2.76 bits per heavy atom. The number of anilines is 1. The number of aromatic amines is 1. The quantitative estimate of drug-likeness (QED) is 0.665. The molecule has 2 aromatic carbocycles. The Kier molecular flexibility index (Phi) is 4.69. The van der Waals surface area contributed by atoms with E-state index in [0.29, 0.717) is 11.8 Å². The fraction of sp³-hybridized carbons (Fsp3) is 0.118. The monoisotopic (exact) mass is 344 g/mol. The number of amides is 2. The number of carbonyl (C=O) groups excluding carboxylic acids is 2. The topological polar surface area (TPSA) is 86.9 Å². The Morgan fingerprint density at radius 2 is 1.96 bits per heavy atom. The van der Waals surface area contributed by atoms with E-state index in [1.165, 1.54) is 0 Å². The van der Waals surface area contributed by atoms with Gasteiger partial charge in [0.1, 0.15) is 11.6 Å². The van der Waals surface area contributed by atoms with Crippen LogP contribution in [0.5, 0.6) is 0 Å². The number of aromatic nitrogens is 2. The van der Waals surface area contributed by atoms with Gasteiger partial charge in [-0.15, -0.1) is 0 Å². The van der Waals surface area contributed by atoms with E-state index in [0.717, 1.165) is 23.0 Å². The largest absolute Gasteiger partial charge is 0.351 e. The summed E-state index contributed by atoms with van der Waals surface area (Å²) in [6.45, 7) is 0.0233. The van der Waals surface area contributed by atoms with Crippen LogP contribution in [0.2, 0.25) is 0 Å². The van der Waals surface area contributed by atoms with Crippen molar-refractivity contribution in [3.8, 4) is 0 Å². The first kappa shape index (κ1) is 16.6. The van der Waals surface area contributed by atoms with Crippen LogP contribution < -0.4 is 10.6 Å². The maximum absolute atomic E-state index is 13.5. The molecule has 0 atom stereocenters. The first-order valence-electron chi connectivity index (χ1n) is 7.49. The number of nitrogens with one attached hydrogen (secondary N) is 3. The molecule has 0 saturated heterocycles. The summed E-state index contributed by atoms with van der Waals surface area (Å²) in [6, 6.07) is 7.97. The highest BCUT2D eigenvalue weighted by Crippen LogP contribution is 2.16. The summed E-state index contributed by atoms with van der Waals surface area (Å²) < 4.78 is 26.3. The fourth-order valence-electron chi connectivity index (χ4n) is 2.30. The fourth-order valence-corrected chi connectivity index (χ4v) is 2.30. The minimum absolute atomic E-state index is 0.0119. The van der Waals surface area contributed by atoms with E-state index in [2.05, 4.69) is 20.8 Å². The van der Waals surface area contributed by atoms with Gasteiger partial charge in [-0.2, -0.15) is 5.10 Å². The maximum atomic E-state index is 13.5. The van der Waals surface area contributed by atoms with Crippen LogP contribution in [-0.2, 0) is 4.79 Å². The van der Waals surface area contributed by atoms with E-state index < -0.39 is 17.5 Å². The number of hydrogen-bond acceptors (Lipinski definition) is 3. The predicted molar refractivity (Wildman–Crippen MR) is 88.0 cm³/mol. The number of hydrogen-bond donors (Lipinski definition) is 3. The lowest BCUT2D eigenvalue weighted by Gasteiger charge is -2.07. The van der Waals surface area contributed by atoms with Gasteiger partial charge in [0.25, 0.3) is 5.91 Å². The van der Waals surface area contributed by atoms with Gasteiger partial charge in [0.2, 0.25) is 5.91 Å². The molecule has 0 aliphatic rings. The van der Waals surface area contributed by atoms with E-state index in [1.54, 1.807) is 24.4 Å². The van der Waals surface area contributed by atoms with Crippen LogP contribution in [0.25, 0.3) is 10.9 Å². The smallest absolute Gasteiger partial charge is 0.254 e. The normalized spacial score (nSPS) is 10.6. The number of rotatable bonds is 5. The van der Waals surface area contributed by atoms with Gasteiger partial charge in [-0.25, -0.2) is 8.78 Å². The Labute approximate surface area is 141 Å². The molecule has 0 radical (unpaired) electrons. The van der Waals surface area contributed by atoms with E-state index in [4.69, 9.17) is 0 Å². The predicted octanol–water partition coefficient (Wildman–Crippen LogP) is 2.60. The Balaban J connectivity index is 1.51. The van der Waals surface area contributed by atoms with E-state index in [-0.39, 0.29) is 24.4 Å². The summed E-state index contributed by atoms with van der Waals surface area (Å²) in [5.41, 5.74) is 1.19. The van der Waals surface area contributed by atoms with Gasteiger partial charge < -0.3 is 10.6 Å². The highest BCUT2D eigenvalue weighted by Gasteiger charge is 2.12. The molecule has 3 rings (SSSR count). The summed E-state index contributed by atoms with van der Waals surface area (Å²) in [7, 11) is 0. The number of halogens is 2. The zero-order valence-corrected chi connectivity index (χ0v) is 13.0. The van der Waals surface area contributed by atoms with E-state index in [1.807, 2.05) is 0 Å². The molecular weight excluding hydrogens is 330 g/mol. The molecule has 128 valence electrons. The molecule has 0 aliphatic heterocycles. The van der Waals surface area contributed by atoms with Crippen molar-refractivity contribution in [2.24, 2.45) is 0 Å². The minimum atomic E-state index is -0.949. The standard InChI is InChI=1S/C17H14F2N4O2/c18-11-1-3-13(14(19)8-11)17(25)20-6-5-16(24)22-12-2-4-15-10(7-12)9-21-23-15/h1-4,7-9H,5-6H2,(H,20,25)(H,21,23)(H,22,24). The zero-order chi connectivity index (χ0) is 17.8. The lowest BCUT2D eigenvalue weighted by molar-refractivity contribution is -0.116. The summed E-state index contributed by atoms with van der Waals surface area (Å²) in [6.07, 6.45) is 1.65. The molecule has 0 spiro atoms.